The smallest absolute Gasteiger partial charge is 0.153 e. The van der Waals surface area contributed by atoms with Crippen molar-refractivity contribution < 1.29 is 19.8 Å². The molecule has 2 aromatic heterocycles. The van der Waals surface area contributed by atoms with Gasteiger partial charge in [-0.2, -0.15) is 10.2 Å². The molecule has 0 aliphatic heterocycles. The Hall–Kier alpha value is -4.98. The van der Waals surface area contributed by atoms with Gasteiger partial charge < -0.3 is 10.2 Å². The summed E-state index contributed by atoms with van der Waals surface area (Å²) in [6, 6.07) is 21.1. The second kappa shape index (κ2) is 8.51. The molecule has 0 unspecified atom stereocenters. The highest BCUT2D eigenvalue weighted by atomic mass is 16.3. The minimum Gasteiger partial charge on any atom is -0.507 e. The van der Waals surface area contributed by atoms with Crippen LogP contribution in [0, 0.1) is 0 Å². The predicted molar refractivity (Wildman–Crippen MR) is 126 cm³/mol. The van der Waals surface area contributed by atoms with Gasteiger partial charge in [0, 0.05) is 29.6 Å². The molecule has 0 bridgehead atoms. The van der Waals surface area contributed by atoms with Gasteiger partial charge in [0.2, 0.25) is 0 Å². The summed E-state index contributed by atoms with van der Waals surface area (Å²) in [5.74, 6) is -0.532. The van der Waals surface area contributed by atoms with Crippen LogP contribution >= 0.6 is 0 Å². The molecule has 0 radical (unpaired) electrons. The van der Waals surface area contributed by atoms with E-state index in [4.69, 9.17) is 0 Å². The van der Waals surface area contributed by atoms with Crippen LogP contribution in [0.5, 0.6) is 11.5 Å². The standard InChI is InChI=1S/C26H18N4O4/c31-15-17-13-29(19-7-3-1-4-8-19)27-25(17)21-11-22(24(34)12-23(21)33)26-18(16-32)14-30(28-26)20-9-5-2-6-10-20/h1-16,33-34H. The monoisotopic (exact) mass is 450 g/mol. The molecular formula is C26H18N4O4. The Morgan fingerprint density at radius 3 is 1.41 bits per heavy atom. The number of hydrogen-bond acceptors (Lipinski definition) is 6. The number of aromatic nitrogens is 4. The van der Waals surface area contributed by atoms with Gasteiger partial charge in [-0.05, 0) is 30.3 Å². The van der Waals surface area contributed by atoms with Crippen molar-refractivity contribution in [2.24, 2.45) is 0 Å². The van der Waals surface area contributed by atoms with Gasteiger partial charge in [-0.1, -0.05) is 36.4 Å². The van der Waals surface area contributed by atoms with E-state index < -0.39 is 0 Å². The lowest BCUT2D eigenvalue weighted by atomic mass is 10.00. The number of phenols is 2. The number of phenolic OH excluding ortho intramolecular Hbond substituents is 2. The highest BCUT2D eigenvalue weighted by Crippen LogP contribution is 2.40. The maximum absolute atomic E-state index is 11.8. The Bertz CT molecular complexity index is 1390. The van der Waals surface area contributed by atoms with E-state index >= 15 is 0 Å². The third-order valence-corrected chi connectivity index (χ3v) is 5.40. The van der Waals surface area contributed by atoms with Gasteiger partial charge >= 0.3 is 0 Å². The summed E-state index contributed by atoms with van der Waals surface area (Å²) in [5, 5.41) is 30.2. The number of aromatic hydroxyl groups is 2. The van der Waals surface area contributed by atoms with E-state index in [1.54, 1.807) is 12.4 Å². The molecule has 2 heterocycles. The number of aldehydes is 2. The number of carbonyl (C=O) groups excluding carboxylic acids is 2. The molecule has 3 aromatic carbocycles. The Labute approximate surface area is 194 Å². The van der Waals surface area contributed by atoms with Gasteiger partial charge in [-0.3, -0.25) is 9.59 Å². The summed E-state index contributed by atoms with van der Waals surface area (Å²) in [6.45, 7) is 0. The first kappa shape index (κ1) is 20.9. The average molecular weight is 450 g/mol. The van der Waals surface area contributed by atoms with Crippen molar-refractivity contribution in [1.82, 2.24) is 19.6 Å². The fourth-order valence-electron chi connectivity index (χ4n) is 3.75. The molecule has 2 N–H and O–H groups in total. The van der Waals surface area contributed by atoms with E-state index in [0.29, 0.717) is 12.6 Å². The lowest BCUT2D eigenvalue weighted by Crippen LogP contribution is -1.95. The lowest BCUT2D eigenvalue weighted by Gasteiger charge is -2.09. The SMILES string of the molecule is O=Cc1cn(-c2ccccc2)nc1-c1cc(-c2nn(-c3ccccc3)cc2C=O)c(O)cc1O. The van der Waals surface area contributed by atoms with Crippen molar-refractivity contribution in [2.45, 2.75) is 0 Å². The number of benzene rings is 3. The molecular weight excluding hydrogens is 432 g/mol. The normalized spacial score (nSPS) is 10.8. The van der Waals surface area contributed by atoms with Gasteiger partial charge in [0.1, 0.15) is 22.9 Å². The molecule has 0 aliphatic carbocycles. The van der Waals surface area contributed by atoms with Crippen LogP contribution in [0.2, 0.25) is 0 Å². The Morgan fingerprint density at radius 1 is 0.618 bits per heavy atom. The second-order valence-corrected chi connectivity index (χ2v) is 7.55. The van der Waals surface area contributed by atoms with Crippen LogP contribution in [0.1, 0.15) is 20.7 Å². The predicted octanol–water partition coefficient (Wildman–Crippen LogP) is 4.43. The van der Waals surface area contributed by atoms with E-state index in [1.807, 2.05) is 60.7 Å². The third kappa shape index (κ3) is 3.63. The molecule has 0 atom stereocenters. The number of rotatable bonds is 6. The summed E-state index contributed by atoms with van der Waals surface area (Å²) < 4.78 is 3.07. The Kier molecular flexibility index (Phi) is 5.23. The van der Waals surface area contributed by atoms with Crippen LogP contribution in [0.4, 0.5) is 0 Å². The minimum atomic E-state index is -0.266. The fourth-order valence-corrected chi connectivity index (χ4v) is 3.75. The first-order valence-electron chi connectivity index (χ1n) is 10.4. The molecule has 0 amide bonds. The topological polar surface area (TPSA) is 110 Å². The molecule has 0 saturated heterocycles. The molecule has 5 rings (SSSR count). The summed E-state index contributed by atoms with van der Waals surface area (Å²) in [5.41, 5.74) is 2.87. The van der Waals surface area contributed by atoms with E-state index in [1.165, 1.54) is 15.4 Å². The van der Waals surface area contributed by atoms with Gasteiger partial charge in [0.15, 0.2) is 12.6 Å². The molecule has 0 saturated carbocycles. The third-order valence-electron chi connectivity index (χ3n) is 5.40. The molecule has 0 aliphatic rings. The van der Waals surface area contributed by atoms with Gasteiger partial charge in [-0.25, -0.2) is 9.36 Å². The lowest BCUT2D eigenvalue weighted by molar-refractivity contribution is 0.111. The zero-order valence-electron chi connectivity index (χ0n) is 17.7. The van der Waals surface area contributed by atoms with Crippen LogP contribution in [-0.2, 0) is 0 Å². The highest BCUT2D eigenvalue weighted by Gasteiger charge is 2.21. The van der Waals surface area contributed by atoms with Crippen LogP contribution in [0.25, 0.3) is 33.9 Å². The van der Waals surface area contributed by atoms with Crippen molar-refractivity contribution in [3.05, 3.63) is 96.3 Å². The maximum Gasteiger partial charge on any atom is 0.153 e. The number of carbonyl (C=O) groups is 2. The van der Waals surface area contributed by atoms with Crippen LogP contribution in [-0.4, -0.2) is 42.3 Å². The molecule has 0 fully saturated rings. The molecule has 166 valence electrons. The zero-order valence-corrected chi connectivity index (χ0v) is 17.7. The largest absolute Gasteiger partial charge is 0.507 e. The highest BCUT2D eigenvalue weighted by molar-refractivity contribution is 5.92. The van der Waals surface area contributed by atoms with Crippen molar-refractivity contribution >= 4 is 12.6 Å². The minimum absolute atomic E-state index is 0.218. The van der Waals surface area contributed by atoms with Crippen molar-refractivity contribution in [1.29, 1.82) is 0 Å². The van der Waals surface area contributed by atoms with Crippen LogP contribution in [0.3, 0.4) is 0 Å². The molecule has 34 heavy (non-hydrogen) atoms. The van der Waals surface area contributed by atoms with Gasteiger partial charge in [-0.15, -0.1) is 0 Å². The quantitative estimate of drug-likeness (QED) is 0.371. The summed E-state index contributed by atoms with van der Waals surface area (Å²) >= 11 is 0. The van der Waals surface area contributed by atoms with Crippen molar-refractivity contribution in [3.63, 3.8) is 0 Å². The number of para-hydroxylation sites is 2. The van der Waals surface area contributed by atoms with E-state index in [-0.39, 0.29) is 45.1 Å². The number of nitrogens with zero attached hydrogens (tertiary/aromatic N) is 4. The molecule has 5 aromatic rings. The van der Waals surface area contributed by atoms with E-state index in [2.05, 4.69) is 10.2 Å². The summed E-state index contributed by atoms with van der Waals surface area (Å²) in [6.07, 6.45) is 4.42. The number of hydrogen-bond donors (Lipinski definition) is 2. The summed E-state index contributed by atoms with van der Waals surface area (Å²) in [4.78, 5) is 23.6. The van der Waals surface area contributed by atoms with Crippen LogP contribution in [0.15, 0.2) is 85.2 Å². The fraction of sp³-hybridized carbons (Fsp3) is 0. The van der Waals surface area contributed by atoms with E-state index in [9.17, 15) is 19.8 Å². The Balaban J connectivity index is 1.66. The van der Waals surface area contributed by atoms with E-state index in [0.717, 1.165) is 17.4 Å². The Morgan fingerprint density at radius 2 is 1.03 bits per heavy atom. The first-order chi connectivity index (χ1) is 16.6. The average Bonchev–Trinajstić information content (AvgIpc) is 3.50. The van der Waals surface area contributed by atoms with Crippen molar-refractivity contribution in [2.75, 3.05) is 0 Å². The molecule has 8 heteroatoms. The summed E-state index contributed by atoms with van der Waals surface area (Å²) in [7, 11) is 0. The molecule has 0 spiro atoms. The van der Waals surface area contributed by atoms with Crippen LogP contribution < -0.4 is 0 Å². The second-order valence-electron chi connectivity index (χ2n) is 7.55. The first-order valence-corrected chi connectivity index (χ1v) is 10.4. The van der Waals surface area contributed by atoms with Gasteiger partial charge in [0.05, 0.1) is 22.5 Å². The molecule has 8 nitrogen and oxygen atoms in total. The van der Waals surface area contributed by atoms with Gasteiger partial charge in [0.25, 0.3) is 0 Å². The zero-order chi connectivity index (χ0) is 23.7. The van der Waals surface area contributed by atoms with Crippen molar-refractivity contribution in [3.8, 4) is 45.4 Å². The maximum atomic E-state index is 11.8.